The van der Waals surface area contributed by atoms with Crippen molar-refractivity contribution in [1.82, 2.24) is 19.9 Å². The number of amides is 1. The molecule has 3 aromatic heterocycles. The van der Waals surface area contributed by atoms with Crippen molar-refractivity contribution in [2.45, 2.75) is 12.6 Å². The standard InChI is InChI=1S/C25H24ClN5O3/c1-27-25(33)22-15-30(7-8-34-22)19-11-20-21(13-29-24(20)28-12-19)17-5-6-31(23(32)10-17)14-16-3-2-4-18(26)9-16/h2-6,9-13,22H,7-8,14-15H2,1H3,(H,27,33)(H,28,29). The minimum Gasteiger partial charge on any atom is -0.365 e. The Kier molecular flexibility index (Phi) is 6.08. The number of nitrogens with zero attached hydrogens (tertiary/aromatic N) is 3. The number of pyridine rings is 2. The molecule has 0 aliphatic carbocycles. The number of aromatic nitrogens is 3. The molecule has 1 saturated heterocycles. The third-order valence-corrected chi connectivity index (χ3v) is 6.27. The second-order valence-corrected chi connectivity index (χ2v) is 8.66. The number of morpholine rings is 1. The number of ether oxygens (including phenoxy) is 1. The zero-order valence-corrected chi connectivity index (χ0v) is 19.4. The number of hydrogen-bond donors (Lipinski definition) is 2. The van der Waals surface area contributed by atoms with Crippen molar-refractivity contribution in [1.29, 1.82) is 0 Å². The molecule has 1 aliphatic rings. The van der Waals surface area contributed by atoms with Crippen LogP contribution in [-0.2, 0) is 16.1 Å². The largest absolute Gasteiger partial charge is 0.365 e. The average molecular weight is 478 g/mol. The number of anilines is 1. The number of benzene rings is 1. The first-order valence-corrected chi connectivity index (χ1v) is 11.4. The Morgan fingerprint density at radius 1 is 1.29 bits per heavy atom. The molecule has 0 spiro atoms. The first-order chi connectivity index (χ1) is 16.5. The number of fused-ring (bicyclic) bond motifs is 1. The highest BCUT2D eigenvalue weighted by Crippen LogP contribution is 2.30. The van der Waals surface area contributed by atoms with Crippen LogP contribution in [0.2, 0.25) is 5.02 Å². The van der Waals surface area contributed by atoms with Crippen molar-refractivity contribution < 1.29 is 9.53 Å². The first kappa shape index (κ1) is 22.2. The van der Waals surface area contributed by atoms with Crippen LogP contribution in [0.5, 0.6) is 0 Å². The molecular weight excluding hydrogens is 454 g/mol. The van der Waals surface area contributed by atoms with Gasteiger partial charge in [-0.05, 0) is 35.4 Å². The van der Waals surface area contributed by atoms with E-state index in [9.17, 15) is 9.59 Å². The SMILES string of the molecule is CNC(=O)C1CN(c2cnc3[nH]cc(-c4ccn(Cc5cccc(Cl)c5)c(=O)c4)c3c2)CCO1. The number of carbonyl (C=O) groups is 1. The number of hydrogen-bond acceptors (Lipinski definition) is 5. The normalized spacial score (nSPS) is 16.1. The molecule has 4 heterocycles. The Hall–Kier alpha value is -3.62. The molecule has 1 atom stereocenters. The summed E-state index contributed by atoms with van der Waals surface area (Å²) in [6.07, 6.45) is 4.93. The maximum atomic E-state index is 12.8. The molecular formula is C25H24ClN5O3. The molecule has 4 aromatic rings. The quantitative estimate of drug-likeness (QED) is 0.461. The fraction of sp³-hybridized carbons (Fsp3) is 0.240. The van der Waals surface area contributed by atoms with Crippen LogP contribution in [0.25, 0.3) is 22.2 Å². The molecule has 174 valence electrons. The molecule has 1 amide bonds. The lowest BCUT2D eigenvalue weighted by atomic mass is 10.1. The van der Waals surface area contributed by atoms with Gasteiger partial charge in [0.25, 0.3) is 11.5 Å². The summed E-state index contributed by atoms with van der Waals surface area (Å²) in [6, 6.07) is 13.1. The van der Waals surface area contributed by atoms with Gasteiger partial charge in [-0.2, -0.15) is 0 Å². The lowest BCUT2D eigenvalue weighted by Gasteiger charge is -2.33. The van der Waals surface area contributed by atoms with E-state index in [1.54, 1.807) is 30.1 Å². The molecule has 9 heteroatoms. The van der Waals surface area contributed by atoms with E-state index in [0.29, 0.717) is 31.3 Å². The van der Waals surface area contributed by atoms with Crippen molar-refractivity contribution in [2.24, 2.45) is 0 Å². The van der Waals surface area contributed by atoms with Gasteiger partial charge in [-0.25, -0.2) is 4.98 Å². The topological polar surface area (TPSA) is 92.3 Å². The minimum atomic E-state index is -0.521. The molecule has 1 unspecified atom stereocenters. The molecule has 1 aromatic carbocycles. The van der Waals surface area contributed by atoms with E-state index < -0.39 is 6.10 Å². The summed E-state index contributed by atoms with van der Waals surface area (Å²) in [5.74, 6) is -0.139. The van der Waals surface area contributed by atoms with Crippen LogP contribution in [-0.4, -0.2) is 53.3 Å². The molecule has 8 nitrogen and oxygen atoms in total. The number of nitrogens with one attached hydrogen (secondary N) is 2. The highest BCUT2D eigenvalue weighted by Gasteiger charge is 2.26. The molecule has 5 rings (SSSR count). The molecule has 0 bridgehead atoms. The maximum Gasteiger partial charge on any atom is 0.251 e. The van der Waals surface area contributed by atoms with E-state index in [1.807, 2.05) is 42.6 Å². The van der Waals surface area contributed by atoms with Crippen molar-refractivity contribution in [3.05, 3.63) is 82.0 Å². The van der Waals surface area contributed by atoms with Crippen molar-refractivity contribution in [2.75, 3.05) is 31.6 Å². The monoisotopic (exact) mass is 477 g/mol. The van der Waals surface area contributed by atoms with Crippen molar-refractivity contribution in [3.8, 4) is 11.1 Å². The second-order valence-electron chi connectivity index (χ2n) is 8.22. The molecule has 2 N–H and O–H groups in total. The molecule has 0 radical (unpaired) electrons. The van der Waals surface area contributed by atoms with Gasteiger partial charge in [-0.3, -0.25) is 9.59 Å². The van der Waals surface area contributed by atoms with Gasteiger partial charge in [0.15, 0.2) is 6.10 Å². The summed E-state index contributed by atoms with van der Waals surface area (Å²) in [6.45, 7) is 2.02. The highest BCUT2D eigenvalue weighted by molar-refractivity contribution is 6.30. The first-order valence-electron chi connectivity index (χ1n) is 11.0. The van der Waals surface area contributed by atoms with E-state index in [1.165, 1.54) is 0 Å². The highest BCUT2D eigenvalue weighted by atomic mass is 35.5. The fourth-order valence-corrected chi connectivity index (χ4v) is 4.46. The summed E-state index contributed by atoms with van der Waals surface area (Å²) >= 11 is 6.07. The van der Waals surface area contributed by atoms with Crippen LogP contribution in [0.15, 0.2) is 65.8 Å². The number of carbonyl (C=O) groups excluding carboxylic acids is 1. The minimum absolute atomic E-state index is 0.0995. The summed E-state index contributed by atoms with van der Waals surface area (Å²) in [5.41, 5.74) is 4.20. The van der Waals surface area contributed by atoms with Gasteiger partial charge >= 0.3 is 0 Å². The lowest BCUT2D eigenvalue weighted by Crippen LogP contribution is -2.49. The van der Waals surface area contributed by atoms with Gasteiger partial charge in [-0.1, -0.05) is 23.7 Å². The van der Waals surface area contributed by atoms with Crippen LogP contribution in [0, 0.1) is 0 Å². The number of aromatic amines is 1. The second kappa shape index (κ2) is 9.32. The van der Waals surface area contributed by atoms with E-state index in [4.69, 9.17) is 16.3 Å². The zero-order valence-electron chi connectivity index (χ0n) is 18.6. The molecule has 1 aliphatic heterocycles. The number of H-pyrrole nitrogens is 1. The van der Waals surface area contributed by atoms with Crippen molar-refractivity contribution in [3.63, 3.8) is 0 Å². The molecule has 34 heavy (non-hydrogen) atoms. The predicted molar refractivity (Wildman–Crippen MR) is 132 cm³/mol. The third kappa shape index (κ3) is 4.42. The Morgan fingerprint density at radius 2 is 2.18 bits per heavy atom. The van der Waals surface area contributed by atoms with E-state index in [-0.39, 0.29) is 11.5 Å². The van der Waals surface area contributed by atoms with E-state index in [2.05, 4.69) is 20.2 Å². The lowest BCUT2D eigenvalue weighted by molar-refractivity contribution is -0.132. The Bertz CT molecular complexity index is 1410. The Labute approximate surface area is 201 Å². The Balaban J connectivity index is 1.43. The number of likely N-dealkylation sites (N-methyl/N-ethyl adjacent to an activating group) is 1. The van der Waals surface area contributed by atoms with Crippen molar-refractivity contribution >= 4 is 34.2 Å². The van der Waals surface area contributed by atoms with Gasteiger partial charge in [0.05, 0.1) is 31.6 Å². The Morgan fingerprint density at radius 3 is 2.97 bits per heavy atom. The van der Waals surface area contributed by atoms with Gasteiger partial charge in [0.1, 0.15) is 5.65 Å². The predicted octanol–water partition coefficient (Wildman–Crippen LogP) is 3.04. The van der Waals surface area contributed by atoms with E-state index >= 15 is 0 Å². The maximum absolute atomic E-state index is 12.8. The summed E-state index contributed by atoms with van der Waals surface area (Å²) in [4.78, 5) is 34.7. The van der Waals surface area contributed by atoms with Crippen LogP contribution in [0.4, 0.5) is 5.69 Å². The van der Waals surface area contributed by atoms with Gasteiger partial charge in [-0.15, -0.1) is 0 Å². The van der Waals surface area contributed by atoms with Crippen LogP contribution in [0.3, 0.4) is 0 Å². The van der Waals surface area contributed by atoms with Crippen LogP contribution >= 0.6 is 11.6 Å². The van der Waals surface area contributed by atoms with Gasteiger partial charge < -0.3 is 24.5 Å². The summed E-state index contributed by atoms with van der Waals surface area (Å²) in [7, 11) is 1.60. The van der Waals surface area contributed by atoms with Gasteiger partial charge in [0, 0.05) is 48.0 Å². The zero-order chi connectivity index (χ0) is 23.7. The summed E-state index contributed by atoms with van der Waals surface area (Å²) in [5, 5.41) is 4.20. The van der Waals surface area contributed by atoms with Gasteiger partial charge in [0.2, 0.25) is 0 Å². The molecule has 0 saturated carbocycles. The number of halogens is 1. The smallest absolute Gasteiger partial charge is 0.251 e. The fourth-order valence-electron chi connectivity index (χ4n) is 4.25. The van der Waals surface area contributed by atoms with E-state index in [0.717, 1.165) is 33.4 Å². The molecule has 1 fully saturated rings. The number of rotatable bonds is 5. The van der Waals surface area contributed by atoms with Crippen LogP contribution in [0.1, 0.15) is 5.56 Å². The average Bonchev–Trinajstić information content (AvgIpc) is 3.28. The van der Waals surface area contributed by atoms with Crippen LogP contribution < -0.4 is 15.8 Å². The summed E-state index contributed by atoms with van der Waals surface area (Å²) < 4.78 is 7.25. The third-order valence-electron chi connectivity index (χ3n) is 6.04.